The van der Waals surface area contributed by atoms with Crippen LogP contribution in [0.2, 0.25) is 0 Å². The van der Waals surface area contributed by atoms with Crippen molar-refractivity contribution in [3.05, 3.63) is 18.0 Å². The third kappa shape index (κ3) is 2.59. The first kappa shape index (κ1) is 13.6. The van der Waals surface area contributed by atoms with E-state index in [0.29, 0.717) is 25.4 Å². The Balaban J connectivity index is 2.21. The molecule has 18 heavy (non-hydrogen) atoms. The molecule has 2 atom stereocenters. The molecule has 1 aliphatic heterocycles. The SMILES string of the molecule is CCCn1nccc1C1(O)CCOC(C(C)C)C1. The Morgan fingerprint density at radius 3 is 3.06 bits per heavy atom. The van der Waals surface area contributed by atoms with Gasteiger partial charge in [0.25, 0.3) is 0 Å². The van der Waals surface area contributed by atoms with E-state index < -0.39 is 5.60 Å². The van der Waals surface area contributed by atoms with Crippen LogP contribution in [0.15, 0.2) is 12.3 Å². The van der Waals surface area contributed by atoms with Gasteiger partial charge in [-0.15, -0.1) is 0 Å². The molecule has 1 fully saturated rings. The van der Waals surface area contributed by atoms with E-state index in [4.69, 9.17) is 4.74 Å². The van der Waals surface area contributed by atoms with Crippen LogP contribution in [-0.2, 0) is 16.9 Å². The maximum atomic E-state index is 10.9. The van der Waals surface area contributed by atoms with Gasteiger partial charge in [0.05, 0.1) is 18.4 Å². The molecule has 4 nitrogen and oxygen atoms in total. The third-order valence-electron chi connectivity index (χ3n) is 3.76. The van der Waals surface area contributed by atoms with Gasteiger partial charge in [-0.25, -0.2) is 0 Å². The van der Waals surface area contributed by atoms with Gasteiger partial charge >= 0.3 is 0 Å². The molecule has 0 aromatic carbocycles. The number of hydrogen-bond acceptors (Lipinski definition) is 3. The van der Waals surface area contributed by atoms with Gasteiger partial charge in [0.2, 0.25) is 0 Å². The van der Waals surface area contributed by atoms with Crippen LogP contribution in [0.4, 0.5) is 0 Å². The highest BCUT2D eigenvalue weighted by molar-refractivity contribution is 5.13. The Bertz CT molecular complexity index is 389. The predicted octanol–water partition coefficient (Wildman–Crippen LogP) is 2.32. The molecule has 1 N–H and O–H groups in total. The van der Waals surface area contributed by atoms with Crippen molar-refractivity contribution in [2.24, 2.45) is 5.92 Å². The summed E-state index contributed by atoms with van der Waals surface area (Å²) in [6, 6.07) is 1.94. The quantitative estimate of drug-likeness (QED) is 0.894. The summed E-state index contributed by atoms with van der Waals surface area (Å²) in [6.45, 7) is 7.88. The second-order valence-electron chi connectivity index (χ2n) is 5.58. The minimum Gasteiger partial charge on any atom is -0.383 e. The molecule has 2 rings (SSSR count). The summed E-state index contributed by atoms with van der Waals surface area (Å²) in [4.78, 5) is 0. The van der Waals surface area contributed by atoms with Crippen LogP contribution in [0.25, 0.3) is 0 Å². The molecule has 0 aliphatic carbocycles. The van der Waals surface area contributed by atoms with Crippen LogP contribution >= 0.6 is 0 Å². The van der Waals surface area contributed by atoms with Gasteiger partial charge in [-0.2, -0.15) is 5.10 Å². The molecule has 1 aliphatic rings. The molecular weight excluding hydrogens is 228 g/mol. The average Bonchev–Trinajstić information content (AvgIpc) is 2.78. The smallest absolute Gasteiger partial charge is 0.111 e. The third-order valence-corrected chi connectivity index (χ3v) is 3.76. The van der Waals surface area contributed by atoms with Crippen molar-refractivity contribution in [3.63, 3.8) is 0 Å². The maximum Gasteiger partial charge on any atom is 0.111 e. The van der Waals surface area contributed by atoms with Crippen molar-refractivity contribution < 1.29 is 9.84 Å². The van der Waals surface area contributed by atoms with Crippen LogP contribution < -0.4 is 0 Å². The topological polar surface area (TPSA) is 47.3 Å². The molecule has 2 unspecified atom stereocenters. The van der Waals surface area contributed by atoms with Crippen molar-refractivity contribution in [3.8, 4) is 0 Å². The van der Waals surface area contributed by atoms with E-state index in [1.54, 1.807) is 6.20 Å². The first-order valence-corrected chi connectivity index (χ1v) is 6.93. The number of aromatic nitrogens is 2. The van der Waals surface area contributed by atoms with Crippen LogP contribution in [0.5, 0.6) is 0 Å². The largest absolute Gasteiger partial charge is 0.383 e. The number of aryl methyl sites for hydroxylation is 1. The summed E-state index contributed by atoms with van der Waals surface area (Å²) in [6.07, 6.45) is 4.26. The minimum absolute atomic E-state index is 0.133. The molecule has 2 heterocycles. The van der Waals surface area contributed by atoms with Crippen LogP contribution in [0.1, 0.15) is 45.7 Å². The number of rotatable bonds is 4. The van der Waals surface area contributed by atoms with Crippen molar-refractivity contribution in [2.45, 2.75) is 58.3 Å². The fourth-order valence-electron chi connectivity index (χ4n) is 2.65. The van der Waals surface area contributed by atoms with Gasteiger partial charge in [0.15, 0.2) is 0 Å². The van der Waals surface area contributed by atoms with E-state index in [-0.39, 0.29) is 6.10 Å². The summed E-state index contributed by atoms with van der Waals surface area (Å²) >= 11 is 0. The molecule has 4 heteroatoms. The highest BCUT2D eigenvalue weighted by atomic mass is 16.5. The summed E-state index contributed by atoms with van der Waals surface area (Å²) < 4.78 is 7.68. The van der Waals surface area contributed by atoms with E-state index in [9.17, 15) is 5.11 Å². The molecule has 1 saturated heterocycles. The molecular formula is C14H24N2O2. The molecule has 0 radical (unpaired) electrons. The van der Waals surface area contributed by atoms with Crippen LogP contribution in [0.3, 0.4) is 0 Å². The predicted molar refractivity (Wildman–Crippen MR) is 70.2 cm³/mol. The van der Waals surface area contributed by atoms with Gasteiger partial charge in [-0.3, -0.25) is 4.68 Å². The lowest BCUT2D eigenvalue weighted by Gasteiger charge is -2.38. The molecule has 1 aromatic heterocycles. The van der Waals surface area contributed by atoms with Gasteiger partial charge in [-0.1, -0.05) is 20.8 Å². The normalized spacial score (nSPS) is 28.8. The second kappa shape index (κ2) is 5.41. The van der Waals surface area contributed by atoms with Gasteiger partial charge in [-0.05, 0) is 18.4 Å². The Hall–Kier alpha value is -0.870. The van der Waals surface area contributed by atoms with Crippen molar-refractivity contribution in [1.29, 1.82) is 0 Å². The minimum atomic E-state index is -0.779. The maximum absolute atomic E-state index is 10.9. The van der Waals surface area contributed by atoms with E-state index in [0.717, 1.165) is 18.7 Å². The van der Waals surface area contributed by atoms with Crippen molar-refractivity contribution >= 4 is 0 Å². The van der Waals surface area contributed by atoms with Gasteiger partial charge in [0.1, 0.15) is 5.60 Å². The van der Waals surface area contributed by atoms with Crippen LogP contribution in [-0.4, -0.2) is 27.6 Å². The summed E-state index contributed by atoms with van der Waals surface area (Å²) in [5, 5.41) is 15.2. The molecule has 0 spiro atoms. The second-order valence-corrected chi connectivity index (χ2v) is 5.58. The number of hydrogen-bond donors (Lipinski definition) is 1. The number of ether oxygens (including phenoxy) is 1. The highest BCUT2D eigenvalue weighted by Gasteiger charge is 2.39. The van der Waals surface area contributed by atoms with E-state index in [2.05, 4.69) is 25.9 Å². The zero-order valence-corrected chi connectivity index (χ0v) is 11.6. The fraction of sp³-hybridized carbons (Fsp3) is 0.786. The summed E-state index contributed by atoms with van der Waals surface area (Å²) in [5.74, 6) is 0.430. The zero-order valence-electron chi connectivity index (χ0n) is 11.6. The van der Waals surface area contributed by atoms with Crippen LogP contribution in [0, 0.1) is 5.92 Å². The molecule has 0 saturated carbocycles. The lowest BCUT2D eigenvalue weighted by Crippen LogP contribution is -2.42. The summed E-state index contributed by atoms with van der Waals surface area (Å²) in [5.41, 5.74) is 0.164. The first-order chi connectivity index (χ1) is 8.57. The molecule has 1 aromatic rings. The number of nitrogens with zero attached hydrogens (tertiary/aromatic N) is 2. The fourth-order valence-corrected chi connectivity index (χ4v) is 2.65. The van der Waals surface area contributed by atoms with Gasteiger partial charge in [0, 0.05) is 25.6 Å². The molecule has 0 bridgehead atoms. The zero-order chi connectivity index (χ0) is 13.2. The summed E-state index contributed by atoms with van der Waals surface area (Å²) in [7, 11) is 0. The lowest BCUT2D eigenvalue weighted by molar-refractivity contribution is -0.124. The molecule has 0 amide bonds. The van der Waals surface area contributed by atoms with E-state index in [1.165, 1.54) is 0 Å². The van der Waals surface area contributed by atoms with Crippen molar-refractivity contribution in [1.82, 2.24) is 9.78 Å². The Labute approximate surface area is 109 Å². The number of aliphatic hydroxyl groups is 1. The Kier molecular flexibility index (Phi) is 4.07. The Morgan fingerprint density at radius 2 is 2.39 bits per heavy atom. The standard InChI is InChI=1S/C14H24N2O2/c1-4-8-16-13(5-7-15-16)14(17)6-9-18-12(10-14)11(2)3/h5,7,11-12,17H,4,6,8-10H2,1-3H3. The highest BCUT2D eigenvalue weighted by Crippen LogP contribution is 2.36. The van der Waals surface area contributed by atoms with E-state index in [1.807, 2.05) is 10.7 Å². The first-order valence-electron chi connectivity index (χ1n) is 6.93. The molecule has 102 valence electrons. The lowest BCUT2D eigenvalue weighted by atomic mass is 9.84. The monoisotopic (exact) mass is 252 g/mol. The van der Waals surface area contributed by atoms with E-state index >= 15 is 0 Å². The van der Waals surface area contributed by atoms with Gasteiger partial charge < -0.3 is 9.84 Å². The van der Waals surface area contributed by atoms with Crippen molar-refractivity contribution in [2.75, 3.05) is 6.61 Å². The average molecular weight is 252 g/mol. The Morgan fingerprint density at radius 1 is 1.61 bits per heavy atom.